The van der Waals surface area contributed by atoms with Gasteiger partial charge in [-0.2, -0.15) is 5.26 Å². The summed E-state index contributed by atoms with van der Waals surface area (Å²) in [5, 5.41) is 8.68. The third-order valence-electron chi connectivity index (χ3n) is 3.55. The molecule has 1 saturated carbocycles. The van der Waals surface area contributed by atoms with Gasteiger partial charge in [-0.25, -0.2) is 0 Å². The maximum atomic E-state index is 11.6. The van der Waals surface area contributed by atoms with E-state index in [1.807, 2.05) is 24.3 Å². The van der Waals surface area contributed by atoms with Crippen LogP contribution in [0.3, 0.4) is 0 Å². The Morgan fingerprint density at radius 3 is 2.63 bits per heavy atom. The molecule has 0 heterocycles. The minimum atomic E-state index is -0.193. The highest BCUT2D eigenvalue weighted by molar-refractivity contribution is 5.69. The summed E-state index contributed by atoms with van der Waals surface area (Å²) in [6, 6.07) is 9.64. The number of ether oxygens (including phenoxy) is 1. The first-order valence-electron chi connectivity index (χ1n) is 6.51. The lowest BCUT2D eigenvalue weighted by molar-refractivity contribution is -0.145. The second kappa shape index (κ2) is 5.75. The fourth-order valence-electron chi connectivity index (χ4n) is 1.95. The summed E-state index contributed by atoms with van der Waals surface area (Å²) in [6.07, 6.45) is 3.49. The fraction of sp³-hybridized carbons (Fsp3) is 0.467. The van der Waals surface area contributed by atoms with Gasteiger partial charge in [0.05, 0.1) is 12.7 Å². The summed E-state index contributed by atoms with van der Waals surface area (Å²) < 4.78 is 5.25. The number of carbonyl (C=O) groups is 1. The molecule has 2 rings (SSSR count). The van der Waals surface area contributed by atoms with Crippen molar-refractivity contribution in [1.29, 1.82) is 5.26 Å². The monoisotopic (exact) mass is 258 g/mol. The van der Waals surface area contributed by atoms with Gasteiger partial charge in [-0.15, -0.1) is 0 Å². The van der Waals surface area contributed by atoms with Crippen LogP contribution in [0, 0.1) is 16.7 Å². The van der Waals surface area contributed by atoms with Gasteiger partial charge < -0.3 is 10.5 Å². The van der Waals surface area contributed by atoms with E-state index in [0.29, 0.717) is 25.9 Å². The summed E-state index contributed by atoms with van der Waals surface area (Å²) in [4.78, 5) is 11.6. The van der Waals surface area contributed by atoms with Gasteiger partial charge in [0, 0.05) is 23.9 Å². The number of benzene rings is 1. The average Bonchev–Trinajstić information content (AvgIpc) is 3.17. The SMILES string of the molecule is N#CCC1(COC(=O)CCc2ccc(N)cc2)CC1. The number of anilines is 1. The average molecular weight is 258 g/mol. The van der Waals surface area contributed by atoms with Crippen molar-refractivity contribution >= 4 is 11.7 Å². The molecule has 1 aliphatic carbocycles. The van der Waals surface area contributed by atoms with Gasteiger partial charge in [-0.05, 0) is 37.0 Å². The van der Waals surface area contributed by atoms with E-state index in [1.54, 1.807) is 0 Å². The van der Waals surface area contributed by atoms with Crippen molar-refractivity contribution in [2.24, 2.45) is 5.41 Å². The van der Waals surface area contributed by atoms with Crippen molar-refractivity contribution < 1.29 is 9.53 Å². The molecular formula is C15H18N2O2. The Bertz CT molecular complexity index is 484. The number of carbonyl (C=O) groups excluding carboxylic acids is 1. The number of esters is 1. The van der Waals surface area contributed by atoms with Crippen molar-refractivity contribution in [2.75, 3.05) is 12.3 Å². The van der Waals surface area contributed by atoms with Crippen LogP contribution in [0.1, 0.15) is 31.2 Å². The molecule has 4 heteroatoms. The van der Waals surface area contributed by atoms with Crippen LogP contribution in [0.5, 0.6) is 0 Å². The second-order valence-corrected chi connectivity index (χ2v) is 5.24. The minimum absolute atomic E-state index is 0.0361. The molecule has 0 radical (unpaired) electrons. The number of aryl methyl sites for hydroxylation is 1. The topological polar surface area (TPSA) is 76.1 Å². The van der Waals surface area contributed by atoms with Crippen LogP contribution >= 0.6 is 0 Å². The van der Waals surface area contributed by atoms with E-state index >= 15 is 0 Å². The molecule has 0 aliphatic heterocycles. The van der Waals surface area contributed by atoms with E-state index in [2.05, 4.69) is 6.07 Å². The molecule has 0 spiro atoms. The van der Waals surface area contributed by atoms with Crippen molar-refractivity contribution in [1.82, 2.24) is 0 Å². The molecule has 0 bridgehead atoms. The van der Waals surface area contributed by atoms with Crippen molar-refractivity contribution in [3.05, 3.63) is 29.8 Å². The van der Waals surface area contributed by atoms with Gasteiger partial charge in [0.2, 0.25) is 0 Å². The molecule has 0 atom stereocenters. The van der Waals surface area contributed by atoms with E-state index in [1.165, 1.54) is 0 Å². The molecule has 19 heavy (non-hydrogen) atoms. The van der Waals surface area contributed by atoms with E-state index in [0.717, 1.165) is 24.1 Å². The van der Waals surface area contributed by atoms with Gasteiger partial charge >= 0.3 is 5.97 Å². The number of nitrogen functional groups attached to an aromatic ring is 1. The Labute approximate surface area is 113 Å². The Balaban J connectivity index is 1.70. The van der Waals surface area contributed by atoms with Crippen molar-refractivity contribution in [3.63, 3.8) is 0 Å². The molecule has 2 N–H and O–H groups in total. The Morgan fingerprint density at radius 1 is 1.37 bits per heavy atom. The molecule has 1 fully saturated rings. The number of hydrogen-bond donors (Lipinski definition) is 1. The highest BCUT2D eigenvalue weighted by atomic mass is 16.5. The molecule has 4 nitrogen and oxygen atoms in total. The predicted octanol–water partition coefficient (Wildman–Crippen LogP) is 2.44. The highest BCUT2D eigenvalue weighted by Crippen LogP contribution is 2.48. The third kappa shape index (κ3) is 3.99. The third-order valence-corrected chi connectivity index (χ3v) is 3.55. The lowest BCUT2D eigenvalue weighted by Crippen LogP contribution is -2.15. The van der Waals surface area contributed by atoms with E-state index in [-0.39, 0.29) is 11.4 Å². The lowest BCUT2D eigenvalue weighted by atomic mass is 10.1. The smallest absolute Gasteiger partial charge is 0.306 e. The molecule has 0 amide bonds. The van der Waals surface area contributed by atoms with Gasteiger partial charge in [0.1, 0.15) is 0 Å². The fourth-order valence-corrected chi connectivity index (χ4v) is 1.95. The summed E-state index contributed by atoms with van der Waals surface area (Å²) in [7, 11) is 0. The molecule has 100 valence electrons. The largest absolute Gasteiger partial charge is 0.465 e. The van der Waals surface area contributed by atoms with Gasteiger partial charge in [0.25, 0.3) is 0 Å². The van der Waals surface area contributed by atoms with Crippen LogP contribution in [0.2, 0.25) is 0 Å². The first-order chi connectivity index (χ1) is 9.13. The van der Waals surface area contributed by atoms with Gasteiger partial charge in [-0.3, -0.25) is 4.79 Å². The van der Waals surface area contributed by atoms with Gasteiger partial charge in [-0.1, -0.05) is 12.1 Å². The molecule has 1 aromatic rings. The quantitative estimate of drug-likeness (QED) is 0.628. The standard InChI is InChI=1S/C15H18N2O2/c16-10-9-15(7-8-15)11-19-14(18)6-3-12-1-4-13(17)5-2-12/h1-2,4-5H,3,6-9,11,17H2. The first-order valence-corrected chi connectivity index (χ1v) is 6.51. The van der Waals surface area contributed by atoms with Gasteiger partial charge in [0.15, 0.2) is 0 Å². The van der Waals surface area contributed by atoms with E-state index in [4.69, 9.17) is 15.7 Å². The Kier molecular flexibility index (Phi) is 4.06. The number of nitrogens with zero attached hydrogens (tertiary/aromatic N) is 1. The molecule has 0 aromatic heterocycles. The van der Waals surface area contributed by atoms with Crippen LogP contribution < -0.4 is 5.73 Å². The molecular weight excluding hydrogens is 240 g/mol. The Hall–Kier alpha value is -2.02. The van der Waals surface area contributed by atoms with Crippen LogP contribution in [0.4, 0.5) is 5.69 Å². The number of nitriles is 1. The van der Waals surface area contributed by atoms with Crippen LogP contribution in [-0.4, -0.2) is 12.6 Å². The second-order valence-electron chi connectivity index (χ2n) is 5.24. The highest BCUT2D eigenvalue weighted by Gasteiger charge is 2.43. The number of hydrogen-bond acceptors (Lipinski definition) is 4. The van der Waals surface area contributed by atoms with Crippen LogP contribution in [-0.2, 0) is 16.0 Å². The summed E-state index contributed by atoms with van der Waals surface area (Å²) >= 11 is 0. The Morgan fingerprint density at radius 2 is 2.05 bits per heavy atom. The zero-order valence-corrected chi connectivity index (χ0v) is 10.9. The summed E-state index contributed by atoms with van der Waals surface area (Å²) in [5.74, 6) is -0.193. The van der Waals surface area contributed by atoms with Crippen LogP contribution in [0.25, 0.3) is 0 Å². The number of nitrogens with two attached hydrogens (primary N) is 1. The van der Waals surface area contributed by atoms with E-state index in [9.17, 15) is 4.79 Å². The molecule has 1 aromatic carbocycles. The maximum absolute atomic E-state index is 11.6. The van der Waals surface area contributed by atoms with Crippen LogP contribution in [0.15, 0.2) is 24.3 Å². The zero-order valence-electron chi connectivity index (χ0n) is 10.9. The summed E-state index contributed by atoms with van der Waals surface area (Å²) in [6.45, 7) is 0.390. The maximum Gasteiger partial charge on any atom is 0.306 e. The lowest BCUT2D eigenvalue weighted by Gasteiger charge is -2.11. The molecule has 0 saturated heterocycles. The zero-order chi connectivity index (χ0) is 13.7. The minimum Gasteiger partial charge on any atom is -0.465 e. The van der Waals surface area contributed by atoms with Crippen molar-refractivity contribution in [3.8, 4) is 6.07 Å². The van der Waals surface area contributed by atoms with E-state index < -0.39 is 0 Å². The molecule has 1 aliphatic rings. The summed E-state index contributed by atoms with van der Waals surface area (Å²) in [5.41, 5.74) is 7.35. The normalized spacial score (nSPS) is 15.5. The van der Waals surface area contributed by atoms with Crippen molar-refractivity contribution in [2.45, 2.75) is 32.1 Å². The number of rotatable bonds is 6. The molecule has 0 unspecified atom stereocenters. The predicted molar refractivity (Wildman–Crippen MR) is 72.0 cm³/mol. The first kappa shape index (κ1) is 13.4.